The molecular formula is C17H33Cl. The molecule has 0 saturated heterocycles. The normalized spacial score (nSPS) is 30.5. The van der Waals surface area contributed by atoms with Crippen LogP contribution in [0.5, 0.6) is 0 Å². The van der Waals surface area contributed by atoms with Crippen LogP contribution in [0.25, 0.3) is 0 Å². The van der Waals surface area contributed by atoms with Gasteiger partial charge in [0.15, 0.2) is 0 Å². The molecule has 0 aromatic carbocycles. The Kier molecular flexibility index (Phi) is 5.21. The van der Waals surface area contributed by atoms with E-state index in [0.29, 0.717) is 16.2 Å². The summed E-state index contributed by atoms with van der Waals surface area (Å²) in [6.07, 6.45) is 8.06. The highest BCUT2D eigenvalue weighted by molar-refractivity contribution is 6.18. The summed E-state index contributed by atoms with van der Waals surface area (Å²) in [5.41, 5.74) is 1.36. The van der Waals surface area contributed by atoms with Gasteiger partial charge < -0.3 is 0 Å². The summed E-state index contributed by atoms with van der Waals surface area (Å²) >= 11 is 6.33. The van der Waals surface area contributed by atoms with Crippen molar-refractivity contribution >= 4 is 11.6 Å². The van der Waals surface area contributed by atoms with Crippen molar-refractivity contribution in [2.24, 2.45) is 22.2 Å². The summed E-state index contributed by atoms with van der Waals surface area (Å²) in [5, 5.41) is 0. The lowest BCUT2D eigenvalue weighted by Gasteiger charge is -2.44. The summed E-state index contributed by atoms with van der Waals surface area (Å²) in [5.74, 6) is 1.75. The summed E-state index contributed by atoms with van der Waals surface area (Å²) in [4.78, 5) is 0. The lowest BCUT2D eigenvalue weighted by molar-refractivity contribution is 0.0864. The Morgan fingerprint density at radius 1 is 1.00 bits per heavy atom. The van der Waals surface area contributed by atoms with E-state index in [2.05, 4.69) is 41.5 Å². The molecule has 0 N–H and O–H groups in total. The van der Waals surface area contributed by atoms with Crippen LogP contribution in [0.4, 0.5) is 0 Å². The molecule has 18 heavy (non-hydrogen) atoms. The first-order valence-electron chi connectivity index (χ1n) is 7.64. The highest BCUT2D eigenvalue weighted by Gasteiger charge is 2.38. The van der Waals surface area contributed by atoms with Crippen molar-refractivity contribution in [1.82, 2.24) is 0 Å². The van der Waals surface area contributed by atoms with E-state index in [1.165, 1.54) is 38.5 Å². The molecule has 1 aliphatic rings. The highest BCUT2D eigenvalue weighted by Crippen LogP contribution is 2.49. The lowest BCUT2D eigenvalue weighted by atomic mass is 9.62. The average Bonchev–Trinajstić information content (AvgIpc) is 2.25. The predicted molar refractivity (Wildman–Crippen MR) is 83.3 cm³/mol. The van der Waals surface area contributed by atoms with Gasteiger partial charge in [-0.25, -0.2) is 0 Å². The predicted octanol–water partition coefficient (Wildman–Crippen LogP) is 6.27. The Morgan fingerprint density at radius 3 is 1.83 bits per heavy atom. The molecule has 1 heteroatoms. The fourth-order valence-electron chi connectivity index (χ4n) is 3.19. The minimum atomic E-state index is 0.441. The van der Waals surface area contributed by atoms with E-state index in [0.717, 1.165) is 11.8 Å². The molecule has 0 aliphatic heterocycles. The Hall–Kier alpha value is 0.290. The van der Waals surface area contributed by atoms with E-state index in [1.54, 1.807) is 0 Å². The van der Waals surface area contributed by atoms with E-state index in [-0.39, 0.29) is 0 Å². The smallest absolute Gasteiger partial charge is 0.0280 e. The second-order valence-electron chi connectivity index (χ2n) is 8.83. The monoisotopic (exact) mass is 272 g/mol. The third-order valence-electron chi connectivity index (χ3n) is 4.96. The minimum Gasteiger partial charge on any atom is -0.126 e. The maximum atomic E-state index is 6.33. The fourth-order valence-corrected chi connectivity index (χ4v) is 3.59. The second kappa shape index (κ2) is 5.73. The van der Waals surface area contributed by atoms with Gasteiger partial charge >= 0.3 is 0 Å². The standard InChI is InChI=1S/C17H33Cl/c1-15(2,3)11-12-17(13-18)9-7-14(8-10-17)16(4,5)6/h14H,7-13H2,1-6H3. The van der Waals surface area contributed by atoms with Crippen molar-refractivity contribution < 1.29 is 0 Å². The third-order valence-corrected chi connectivity index (χ3v) is 5.53. The Balaban J connectivity index is 2.55. The van der Waals surface area contributed by atoms with Gasteiger partial charge in [-0.1, -0.05) is 41.5 Å². The molecule has 0 atom stereocenters. The van der Waals surface area contributed by atoms with Crippen LogP contribution >= 0.6 is 11.6 Å². The van der Waals surface area contributed by atoms with Gasteiger partial charge in [-0.05, 0) is 60.7 Å². The number of hydrogen-bond acceptors (Lipinski definition) is 0. The molecule has 0 radical (unpaired) electrons. The molecule has 0 aromatic heterocycles. The maximum absolute atomic E-state index is 6.33. The van der Waals surface area contributed by atoms with Crippen molar-refractivity contribution in [3.8, 4) is 0 Å². The first-order chi connectivity index (χ1) is 8.08. The zero-order valence-corrected chi connectivity index (χ0v) is 14.2. The molecule has 108 valence electrons. The molecule has 0 aromatic rings. The molecule has 0 bridgehead atoms. The Morgan fingerprint density at radius 2 is 1.50 bits per heavy atom. The molecule has 1 rings (SSSR count). The Labute approximate surface area is 120 Å². The van der Waals surface area contributed by atoms with Gasteiger partial charge in [0.1, 0.15) is 0 Å². The minimum absolute atomic E-state index is 0.441. The topological polar surface area (TPSA) is 0 Å². The van der Waals surface area contributed by atoms with Crippen LogP contribution in [0, 0.1) is 22.2 Å². The lowest BCUT2D eigenvalue weighted by Crippen LogP contribution is -2.34. The SMILES string of the molecule is CC(C)(C)CCC1(CCl)CCC(C(C)(C)C)CC1. The average molecular weight is 273 g/mol. The van der Waals surface area contributed by atoms with Crippen molar-refractivity contribution in [1.29, 1.82) is 0 Å². The van der Waals surface area contributed by atoms with Crippen LogP contribution in [-0.4, -0.2) is 5.88 Å². The van der Waals surface area contributed by atoms with E-state index in [1.807, 2.05) is 0 Å². The van der Waals surface area contributed by atoms with Crippen LogP contribution in [0.2, 0.25) is 0 Å². The number of alkyl halides is 1. The molecule has 0 amide bonds. The molecule has 1 fully saturated rings. The largest absolute Gasteiger partial charge is 0.126 e. The summed E-state index contributed by atoms with van der Waals surface area (Å²) in [6, 6.07) is 0. The van der Waals surface area contributed by atoms with Gasteiger partial charge in [0.25, 0.3) is 0 Å². The van der Waals surface area contributed by atoms with Crippen molar-refractivity contribution in [3.63, 3.8) is 0 Å². The fraction of sp³-hybridized carbons (Fsp3) is 1.00. The third kappa shape index (κ3) is 4.76. The molecule has 0 heterocycles. The molecule has 1 aliphatic carbocycles. The Bertz CT molecular complexity index is 246. The van der Waals surface area contributed by atoms with E-state index >= 15 is 0 Å². The van der Waals surface area contributed by atoms with Crippen molar-refractivity contribution in [3.05, 3.63) is 0 Å². The van der Waals surface area contributed by atoms with Gasteiger partial charge in [0, 0.05) is 5.88 Å². The zero-order valence-electron chi connectivity index (χ0n) is 13.4. The molecule has 0 spiro atoms. The van der Waals surface area contributed by atoms with Crippen LogP contribution < -0.4 is 0 Å². The first kappa shape index (κ1) is 16.3. The van der Waals surface area contributed by atoms with Crippen molar-refractivity contribution in [2.45, 2.75) is 80.1 Å². The summed E-state index contributed by atoms with van der Waals surface area (Å²) in [7, 11) is 0. The molecule has 0 nitrogen and oxygen atoms in total. The van der Waals surface area contributed by atoms with Gasteiger partial charge in [-0.3, -0.25) is 0 Å². The highest BCUT2D eigenvalue weighted by atomic mass is 35.5. The van der Waals surface area contributed by atoms with E-state index in [9.17, 15) is 0 Å². The number of hydrogen-bond donors (Lipinski definition) is 0. The summed E-state index contributed by atoms with van der Waals surface area (Å²) < 4.78 is 0. The van der Waals surface area contributed by atoms with Crippen LogP contribution in [0.15, 0.2) is 0 Å². The van der Waals surface area contributed by atoms with Gasteiger partial charge in [-0.2, -0.15) is 0 Å². The zero-order chi connectivity index (χ0) is 14.0. The van der Waals surface area contributed by atoms with Gasteiger partial charge in [-0.15, -0.1) is 11.6 Å². The second-order valence-corrected chi connectivity index (χ2v) is 9.10. The quantitative estimate of drug-likeness (QED) is 0.531. The van der Waals surface area contributed by atoms with E-state index in [4.69, 9.17) is 11.6 Å². The summed E-state index contributed by atoms with van der Waals surface area (Å²) in [6.45, 7) is 14.2. The first-order valence-corrected chi connectivity index (χ1v) is 8.17. The molecule has 1 saturated carbocycles. The van der Waals surface area contributed by atoms with Gasteiger partial charge in [0.05, 0.1) is 0 Å². The van der Waals surface area contributed by atoms with Crippen molar-refractivity contribution in [2.75, 3.05) is 5.88 Å². The van der Waals surface area contributed by atoms with Crippen LogP contribution in [0.1, 0.15) is 80.1 Å². The molecule has 0 unspecified atom stereocenters. The van der Waals surface area contributed by atoms with Gasteiger partial charge in [0.2, 0.25) is 0 Å². The number of halogens is 1. The molecular weight excluding hydrogens is 240 g/mol. The number of rotatable bonds is 3. The van der Waals surface area contributed by atoms with E-state index < -0.39 is 0 Å². The maximum Gasteiger partial charge on any atom is 0.0280 e. The van der Waals surface area contributed by atoms with Crippen LogP contribution in [0.3, 0.4) is 0 Å². The van der Waals surface area contributed by atoms with Crippen LogP contribution in [-0.2, 0) is 0 Å².